The van der Waals surface area contributed by atoms with Gasteiger partial charge in [0, 0.05) is 0 Å². The van der Waals surface area contributed by atoms with E-state index in [0.717, 1.165) is 5.56 Å². The van der Waals surface area contributed by atoms with Crippen molar-refractivity contribution in [3.05, 3.63) is 35.9 Å². The molecule has 0 amide bonds. The fourth-order valence-electron chi connectivity index (χ4n) is 1.27. The monoisotopic (exact) mass is 350 g/mol. The average Bonchev–Trinajstić information content (AvgIpc) is 2.52. The molecule has 0 aliphatic carbocycles. The first kappa shape index (κ1) is 23.0. The summed E-state index contributed by atoms with van der Waals surface area (Å²) in [5.74, 6) is -0.599. The van der Waals surface area contributed by atoms with E-state index < -0.39 is 12.0 Å². The van der Waals surface area contributed by atoms with Gasteiger partial charge >= 0.3 is 11.9 Å². The molecule has 0 unspecified atom stereocenters. The molecule has 0 aromatic heterocycles. The molecule has 1 rings (SSSR count). The summed E-state index contributed by atoms with van der Waals surface area (Å²) in [6.45, 7) is 0.259. The molecule has 0 aliphatic rings. The summed E-state index contributed by atoms with van der Waals surface area (Å²) in [7, 11) is 1.50. The van der Waals surface area contributed by atoms with Gasteiger partial charge in [-0.2, -0.15) is 11.8 Å². The molecular weight excluding hydrogens is 328 g/mol. The second kappa shape index (κ2) is 14.6. The molecule has 0 saturated carbocycles. The fourth-order valence-corrected chi connectivity index (χ4v) is 2.08. The Hall–Kier alpha value is -1.28. The van der Waals surface area contributed by atoms with Crippen LogP contribution in [0.4, 0.5) is 0 Å². The molecule has 0 heterocycles. The van der Waals surface area contributed by atoms with Crippen molar-refractivity contribution in [3.63, 3.8) is 0 Å². The van der Waals surface area contributed by atoms with Gasteiger partial charge in [-0.05, 0) is 24.8 Å². The van der Waals surface area contributed by atoms with E-state index in [9.17, 15) is 9.59 Å². The van der Waals surface area contributed by atoms with Gasteiger partial charge in [0.05, 0.1) is 5.75 Å². The topological polar surface area (TPSA) is 116 Å². The van der Waals surface area contributed by atoms with Gasteiger partial charge < -0.3 is 21.3 Å². The van der Waals surface area contributed by atoms with Crippen molar-refractivity contribution in [2.45, 2.75) is 19.1 Å². The van der Waals surface area contributed by atoms with Gasteiger partial charge in [0.2, 0.25) is 0 Å². The summed E-state index contributed by atoms with van der Waals surface area (Å²) in [6, 6.07) is 8.55. The first-order chi connectivity index (χ1) is 10.1. The third-order valence-corrected chi connectivity index (χ3v) is 3.32. The fraction of sp³-hybridized carbons (Fsp3) is 0.429. The van der Waals surface area contributed by atoms with Crippen molar-refractivity contribution in [1.29, 1.82) is 0 Å². The Morgan fingerprint density at radius 3 is 2.41 bits per heavy atom. The van der Waals surface area contributed by atoms with Crippen LogP contribution in [0.15, 0.2) is 30.3 Å². The van der Waals surface area contributed by atoms with E-state index in [-0.39, 0.29) is 30.7 Å². The van der Waals surface area contributed by atoms with Crippen LogP contribution >= 0.6 is 24.2 Å². The molecule has 0 saturated heterocycles. The molecule has 1 aromatic carbocycles. The number of hydrogen-bond donors (Lipinski definition) is 3. The lowest BCUT2D eigenvalue weighted by atomic mass is 10.2. The maximum Gasteiger partial charge on any atom is 0.320 e. The van der Waals surface area contributed by atoms with Crippen molar-refractivity contribution in [3.8, 4) is 0 Å². The maximum absolute atomic E-state index is 11.4. The molecule has 0 aliphatic heterocycles. The molecule has 0 spiro atoms. The van der Waals surface area contributed by atoms with Crippen LogP contribution in [0.1, 0.15) is 12.0 Å². The number of aliphatic carboxylic acids is 1. The molecule has 126 valence electrons. The predicted molar refractivity (Wildman–Crippen MR) is 91.2 cm³/mol. The van der Waals surface area contributed by atoms with Crippen LogP contribution in [0.3, 0.4) is 0 Å². The van der Waals surface area contributed by atoms with Crippen molar-refractivity contribution in [2.24, 2.45) is 11.5 Å². The minimum atomic E-state index is -1.02. The first-order valence-corrected chi connectivity index (χ1v) is 7.58. The van der Waals surface area contributed by atoms with Gasteiger partial charge in [-0.15, -0.1) is 12.4 Å². The highest BCUT2D eigenvalue weighted by molar-refractivity contribution is 7.99. The Morgan fingerprint density at radius 2 is 1.86 bits per heavy atom. The van der Waals surface area contributed by atoms with Crippen molar-refractivity contribution < 1.29 is 19.4 Å². The first-order valence-electron chi connectivity index (χ1n) is 6.43. The highest BCUT2D eigenvalue weighted by Gasteiger charge is 2.11. The van der Waals surface area contributed by atoms with Crippen LogP contribution in [0.25, 0.3) is 0 Å². The van der Waals surface area contributed by atoms with Gasteiger partial charge in [0.25, 0.3) is 0 Å². The smallest absolute Gasteiger partial charge is 0.320 e. The van der Waals surface area contributed by atoms with Crippen LogP contribution in [0, 0.1) is 0 Å². The van der Waals surface area contributed by atoms with Gasteiger partial charge in [-0.1, -0.05) is 30.3 Å². The van der Waals surface area contributed by atoms with Crippen LogP contribution in [0.5, 0.6) is 0 Å². The Labute approximate surface area is 141 Å². The molecule has 5 N–H and O–H groups in total. The second-order valence-electron chi connectivity index (χ2n) is 3.93. The van der Waals surface area contributed by atoms with E-state index in [0.29, 0.717) is 12.2 Å². The van der Waals surface area contributed by atoms with E-state index in [2.05, 4.69) is 5.73 Å². The third kappa shape index (κ3) is 11.4. The molecule has 0 bridgehead atoms. The van der Waals surface area contributed by atoms with Crippen molar-refractivity contribution in [2.75, 3.05) is 18.6 Å². The Bertz CT molecular complexity index is 421. The molecule has 1 atom stereocenters. The normalized spacial score (nSPS) is 10.5. The molecule has 6 nitrogen and oxygen atoms in total. The average molecular weight is 351 g/mol. The Morgan fingerprint density at radius 1 is 1.27 bits per heavy atom. The minimum Gasteiger partial charge on any atom is -0.480 e. The molecular formula is C14H23ClN2O4S. The number of carbonyl (C=O) groups is 2. The number of hydrogen-bond acceptors (Lipinski definition) is 6. The molecule has 1 aromatic rings. The van der Waals surface area contributed by atoms with Gasteiger partial charge in [-0.25, -0.2) is 0 Å². The number of benzene rings is 1. The number of ether oxygens (including phenoxy) is 1. The number of carboxylic acid groups (broad SMARTS) is 1. The summed E-state index contributed by atoms with van der Waals surface area (Å²) in [5, 5.41) is 8.57. The number of thioether (sulfide) groups is 1. The van der Waals surface area contributed by atoms with E-state index >= 15 is 0 Å². The number of carbonyl (C=O) groups excluding carboxylic acids is 1. The SMILES string of the molecule is CN.Cl.N[C@@H](CCSCC(=O)OCc1ccccc1)C(=O)O. The Balaban J connectivity index is 0. The third-order valence-electron chi connectivity index (χ3n) is 2.35. The maximum atomic E-state index is 11.4. The van der Waals surface area contributed by atoms with Crippen LogP contribution in [-0.2, 0) is 20.9 Å². The number of carboxylic acids is 1. The zero-order valence-corrected chi connectivity index (χ0v) is 14.1. The lowest BCUT2D eigenvalue weighted by Gasteiger charge is -2.06. The summed E-state index contributed by atoms with van der Waals surface area (Å²) in [4.78, 5) is 21.9. The van der Waals surface area contributed by atoms with E-state index in [1.54, 1.807) is 0 Å². The number of nitrogens with two attached hydrogens (primary N) is 2. The standard InChI is InChI=1S/C13H17NO4S.CH5N.ClH/c14-11(13(16)17)6-7-19-9-12(15)18-8-10-4-2-1-3-5-10;1-2;/h1-5,11H,6-9,14H2,(H,16,17);2H2,1H3;1H/t11-;;/m0../s1. The summed E-state index contributed by atoms with van der Waals surface area (Å²) >= 11 is 1.32. The summed E-state index contributed by atoms with van der Waals surface area (Å²) < 4.78 is 5.08. The van der Waals surface area contributed by atoms with Crippen LogP contribution in [-0.4, -0.2) is 41.6 Å². The van der Waals surface area contributed by atoms with Crippen molar-refractivity contribution in [1.82, 2.24) is 0 Å². The molecule has 22 heavy (non-hydrogen) atoms. The van der Waals surface area contributed by atoms with Crippen LogP contribution in [0.2, 0.25) is 0 Å². The zero-order valence-electron chi connectivity index (χ0n) is 12.4. The van der Waals surface area contributed by atoms with E-state index in [1.807, 2.05) is 30.3 Å². The largest absolute Gasteiger partial charge is 0.480 e. The van der Waals surface area contributed by atoms with Gasteiger partial charge in [0.1, 0.15) is 12.6 Å². The number of esters is 1. The second-order valence-corrected chi connectivity index (χ2v) is 5.04. The van der Waals surface area contributed by atoms with E-state index in [1.165, 1.54) is 18.8 Å². The van der Waals surface area contributed by atoms with E-state index in [4.69, 9.17) is 15.6 Å². The summed E-state index contributed by atoms with van der Waals surface area (Å²) in [5.41, 5.74) is 10.8. The van der Waals surface area contributed by atoms with Crippen LogP contribution < -0.4 is 11.5 Å². The minimum absolute atomic E-state index is 0. The number of halogens is 1. The quantitative estimate of drug-likeness (QED) is 0.477. The van der Waals surface area contributed by atoms with Crippen molar-refractivity contribution >= 4 is 36.1 Å². The number of rotatable bonds is 8. The van der Waals surface area contributed by atoms with Gasteiger partial charge in [0.15, 0.2) is 0 Å². The predicted octanol–water partition coefficient (Wildman–Crippen LogP) is 1.26. The molecule has 0 radical (unpaired) electrons. The zero-order chi connectivity index (χ0) is 16.1. The highest BCUT2D eigenvalue weighted by Crippen LogP contribution is 2.07. The highest BCUT2D eigenvalue weighted by atomic mass is 35.5. The Kier molecular flexibility index (Phi) is 15.3. The lowest BCUT2D eigenvalue weighted by Crippen LogP contribution is -2.30. The molecule has 8 heteroatoms. The lowest BCUT2D eigenvalue weighted by molar-refractivity contribution is -0.141. The molecule has 0 fully saturated rings. The summed E-state index contributed by atoms with van der Waals surface area (Å²) in [6.07, 6.45) is 0.339. The van der Waals surface area contributed by atoms with Gasteiger partial charge in [-0.3, -0.25) is 9.59 Å².